The molecule has 1 aliphatic carbocycles. The van der Waals surface area contributed by atoms with Gasteiger partial charge in [0.15, 0.2) is 0 Å². The zero-order valence-electron chi connectivity index (χ0n) is 15.5. The molecule has 0 N–H and O–H groups in total. The van der Waals surface area contributed by atoms with Gasteiger partial charge in [-0.2, -0.15) is 0 Å². The van der Waals surface area contributed by atoms with Crippen LogP contribution in [-0.4, -0.2) is 12.1 Å². The molecule has 1 fully saturated rings. The van der Waals surface area contributed by atoms with Crippen LogP contribution in [0.5, 0.6) is 0 Å². The van der Waals surface area contributed by atoms with E-state index in [1.165, 1.54) is 59.2 Å². The van der Waals surface area contributed by atoms with Crippen LogP contribution in [0.3, 0.4) is 0 Å². The average molecular weight is 379 g/mol. The van der Waals surface area contributed by atoms with Gasteiger partial charge in [0, 0.05) is 14.3 Å². The van der Waals surface area contributed by atoms with Crippen molar-refractivity contribution >= 4 is 38.0 Å². The number of esters is 1. The highest BCUT2D eigenvalue weighted by molar-refractivity contribution is 7.28. The largest absolute Gasteiger partial charge is 0.458 e. The molecule has 25 heavy (non-hydrogen) atoms. The van der Waals surface area contributed by atoms with Gasteiger partial charge in [-0.05, 0) is 50.2 Å². The number of carbonyl (C=O) groups excluding carboxylic acids is 1. The van der Waals surface area contributed by atoms with Crippen molar-refractivity contribution < 1.29 is 9.53 Å². The Hall–Kier alpha value is -0.870. The smallest absolute Gasteiger partial charge is 0.348 e. The molecular weight excluding hydrogens is 348 g/mol. The quantitative estimate of drug-likeness (QED) is 0.358. The number of carbonyl (C=O) groups is 1. The van der Waals surface area contributed by atoms with Gasteiger partial charge < -0.3 is 4.74 Å². The highest BCUT2D eigenvalue weighted by Gasteiger charge is 2.25. The zero-order valence-corrected chi connectivity index (χ0v) is 17.1. The van der Waals surface area contributed by atoms with E-state index in [2.05, 4.69) is 19.9 Å². The molecule has 0 bridgehead atoms. The molecule has 0 radical (unpaired) electrons. The first kappa shape index (κ1) is 18.9. The lowest BCUT2D eigenvalue weighted by molar-refractivity contribution is 0.0166. The van der Waals surface area contributed by atoms with Crippen LogP contribution in [0.4, 0.5) is 0 Å². The highest BCUT2D eigenvalue weighted by Crippen LogP contribution is 2.35. The standard InChI is InChI=1S/C21H30O2S2/c1-3-5-6-8-15-9-11-16(12-10-15)23-21(22)20-14-19-18(25-20)13-17(24-19)7-4-2/h13-16H,3-12H2,1-2H3. The third-order valence-corrected chi connectivity index (χ3v) is 7.57. The lowest BCUT2D eigenvalue weighted by Crippen LogP contribution is -2.24. The molecule has 0 spiro atoms. The van der Waals surface area contributed by atoms with Gasteiger partial charge in [0.05, 0.1) is 0 Å². The van der Waals surface area contributed by atoms with E-state index in [1.807, 2.05) is 17.4 Å². The number of hydrogen-bond donors (Lipinski definition) is 0. The minimum Gasteiger partial charge on any atom is -0.458 e. The number of aryl methyl sites for hydroxylation is 1. The van der Waals surface area contributed by atoms with Gasteiger partial charge >= 0.3 is 5.97 Å². The van der Waals surface area contributed by atoms with Gasteiger partial charge in [-0.25, -0.2) is 4.79 Å². The molecule has 2 heterocycles. The Morgan fingerprint density at radius 1 is 1.04 bits per heavy atom. The normalized spacial score (nSPS) is 20.9. The third kappa shape index (κ3) is 5.07. The van der Waals surface area contributed by atoms with Crippen LogP contribution in [0.15, 0.2) is 12.1 Å². The molecule has 0 unspecified atom stereocenters. The van der Waals surface area contributed by atoms with Gasteiger partial charge in [-0.1, -0.05) is 46.0 Å². The Morgan fingerprint density at radius 2 is 1.80 bits per heavy atom. The summed E-state index contributed by atoms with van der Waals surface area (Å²) < 4.78 is 8.28. The Kier molecular flexibility index (Phi) is 6.94. The minimum atomic E-state index is -0.111. The van der Waals surface area contributed by atoms with E-state index in [1.54, 1.807) is 11.3 Å². The maximum atomic E-state index is 12.5. The Labute approximate surface area is 159 Å². The van der Waals surface area contributed by atoms with E-state index in [9.17, 15) is 4.79 Å². The lowest BCUT2D eigenvalue weighted by atomic mass is 9.84. The second-order valence-corrected chi connectivity index (χ2v) is 9.60. The summed E-state index contributed by atoms with van der Waals surface area (Å²) in [6.07, 6.45) is 12.3. The van der Waals surface area contributed by atoms with Crippen molar-refractivity contribution in [2.24, 2.45) is 5.92 Å². The fourth-order valence-corrected chi connectivity index (χ4v) is 6.19. The summed E-state index contributed by atoms with van der Waals surface area (Å²) >= 11 is 3.41. The van der Waals surface area contributed by atoms with E-state index in [4.69, 9.17) is 4.74 Å². The van der Waals surface area contributed by atoms with Gasteiger partial charge in [0.2, 0.25) is 0 Å². The highest BCUT2D eigenvalue weighted by atomic mass is 32.1. The van der Waals surface area contributed by atoms with Crippen LogP contribution >= 0.6 is 22.7 Å². The maximum Gasteiger partial charge on any atom is 0.348 e. The van der Waals surface area contributed by atoms with Crippen LogP contribution in [-0.2, 0) is 11.2 Å². The minimum absolute atomic E-state index is 0.111. The second-order valence-electron chi connectivity index (χ2n) is 7.35. The second kappa shape index (κ2) is 9.18. The first-order chi connectivity index (χ1) is 12.2. The monoisotopic (exact) mass is 378 g/mol. The van der Waals surface area contributed by atoms with Crippen molar-refractivity contribution in [2.45, 2.75) is 84.2 Å². The molecule has 2 nitrogen and oxygen atoms in total. The molecule has 4 heteroatoms. The third-order valence-electron chi connectivity index (χ3n) is 5.24. The molecule has 0 aliphatic heterocycles. The molecule has 0 aromatic carbocycles. The van der Waals surface area contributed by atoms with E-state index in [0.717, 1.165) is 30.1 Å². The van der Waals surface area contributed by atoms with Crippen molar-refractivity contribution in [3.8, 4) is 0 Å². The Balaban J connectivity index is 1.48. The number of rotatable bonds is 8. The van der Waals surface area contributed by atoms with Gasteiger partial charge in [0.1, 0.15) is 11.0 Å². The van der Waals surface area contributed by atoms with Crippen molar-refractivity contribution in [3.63, 3.8) is 0 Å². The van der Waals surface area contributed by atoms with Crippen molar-refractivity contribution in [1.82, 2.24) is 0 Å². The fraction of sp³-hybridized carbons (Fsp3) is 0.667. The van der Waals surface area contributed by atoms with Gasteiger partial charge in [-0.15, -0.1) is 22.7 Å². The average Bonchev–Trinajstić information content (AvgIpc) is 3.15. The molecule has 2 aromatic heterocycles. The number of ether oxygens (including phenoxy) is 1. The van der Waals surface area contributed by atoms with Crippen molar-refractivity contribution in [1.29, 1.82) is 0 Å². The molecule has 0 amide bonds. The number of thiophene rings is 2. The van der Waals surface area contributed by atoms with Gasteiger partial charge in [-0.3, -0.25) is 0 Å². The summed E-state index contributed by atoms with van der Waals surface area (Å²) in [5.41, 5.74) is 0. The van der Waals surface area contributed by atoms with E-state index in [-0.39, 0.29) is 12.1 Å². The summed E-state index contributed by atoms with van der Waals surface area (Å²) in [5, 5.41) is 0. The summed E-state index contributed by atoms with van der Waals surface area (Å²) in [5.74, 6) is 0.741. The van der Waals surface area contributed by atoms with Crippen LogP contribution in [0.1, 0.15) is 86.2 Å². The van der Waals surface area contributed by atoms with E-state index in [0.29, 0.717) is 0 Å². The summed E-state index contributed by atoms with van der Waals surface area (Å²) in [6, 6.07) is 4.27. The number of fused-ring (bicyclic) bond motifs is 1. The van der Waals surface area contributed by atoms with Crippen LogP contribution in [0.2, 0.25) is 0 Å². The van der Waals surface area contributed by atoms with E-state index < -0.39 is 0 Å². The molecule has 3 rings (SSSR count). The number of hydrogen-bond acceptors (Lipinski definition) is 4. The van der Waals surface area contributed by atoms with Crippen molar-refractivity contribution in [2.75, 3.05) is 0 Å². The Bertz CT molecular complexity index is 646. The van der Waals surface area contributed by atoms with Crippen LogP contribution in [0, 0.1) is 5.92 Å². The maximum absolute atomic E-state index is 12.5. The molecular formula is C21H30O2S2. The zero-order chi connectivity index (χ0) is 17.6. The fourth-order valence-electron chi connectivity index (χ4n) is 3.79. The first-order valence-corrected chi connectivity index (χ1v) is 11.6. The predicted octanol–water partition coefficient (Wildman–Crippen LogP) is 7.21. The topological polar surface area (TPSA) is 26.3 Å². The first-order valence-electron chi connectivity index (χ1n) is 9.92. The molecule has 2 aromatic rings. The molecule has 0 atom stereocenters. The van der Waals surface area contributed by atoms with Gasteiger partial charge in [0.25, 0.3) is 0 Å². The molecule has 138 valence electrons. The summed E-state index contributed by atoms with van der Waals surface area (Å²) in [4.78, 5) is 14.7. The summed E-state index contributed by atoms with van der Waals surface area (Å²) in [6.45, 7) is 4.46. The van der Waals surface area contributed by atoms with Crippen LogP contribution < -0.4 is 0 Å². The predicted molar refractivity (Wildman–Crippen MR) is 109 cm³/mol. The summed E-state index contributed by atoms with van der Waals surface area (Å²) in [7, 11) is 0. The Morgan fingerprint density at radius 3 is 2.48 bits per heavy atom. The van der Waals surface area contributed by atoms with Crippen LogP contribution in [0.25, 0.3) is 9.40 Å². The lowest BCUT2D eigenvalue weighted by Gasteiger charge is -2.28. The SMILES string of the molecule is CCCCCC1CCC(OC(=O)c2cc3sc(CCC)cc3s2)CC1. The van der Waals surface area contributed by atoms with Crippen molar-refractivity contribution in [3.05, 3.63) is 21.9 Å². The van der Waals surface area contributed by atoms with E-state index >= 15 is 0 Å². The number of unbranched alkanes of at least 4 members (excludes halogenated alkanes) is 2. The molecule has 0 saturated heterocycles. The molecule has 1 saturated carbocycles. The molecule has 1 aliphatic rings.